The molecule has 4 rings (SSSR count). The minimum atomic E-state index is -0.400. The van der Waals surface area contributed by atoms with E-state index in [-0.39, 0.29) is 12.4 Å². The highest BCUT2D eigenvalue weighted by Gasteiger charge is 2.26. The summed E-state index contributed by atoms with van der Waals surface area (Å²) in [5, 5.41) is 0.847. The molecule has 8 nitrogen and oxygen atoms in total. The molecule has 3 heterocycles. The zero-order valence-electron chi connectivity index (χ0n) is 18.5. The Morgan fingerprint density at radius 1 is 1.06 bits per heavy atom. The van der Waals surface area contributed by atoms with Gasteiger partial charge in [0, 0.05) is 31.9 Å². The van der Waals surface area contributed by atoms with E-state index in [1.807, 2.05) is 25.1 Å². The van der Waals surface area contributed by atoms with E-state index in [1.165, 1.54) is 24.1 Å². The summed E-state index contributed by atoms with van der Waals surface area (Å²) in [7, 11) is 1.35. The van der Waals surface area contributed by atoms with Crippen LogP contribution in [0.3, 0.4) is 0 Å². The zero-order chi connectivity index (χ0) is 22.7. The van der Waals surface area contributed by atoms with E-state index in [1.54, 1.807) is 6.92 Å². The number of benzene rings is 1. The van der Waals surface area contributed by atoms with Gasteiger partial charge in [-0.3, -0.25) is 4.79 Å². The summed E-state index contributed by atoms with van der Waals surface area (Å²) in [6, 6.07) is 10.3. The second-order valence-electron chi connectivity index (χ2n) is 7.48. The van der Waals surface area contributed by atoms with Gasteiger partial charge in [-0.2, -0.15) is 0 Å². The van der Waals surface area contributed by atoms with Crippen LogP contribution in [0.4, 0.5) is 11.5 Å². The van der Waals surface area contributed by atoms with Gasteiger partial charge in [0.05, 0.1) is 19.1 Å². The number of methoxy groups -OCH3 is 1. The van der Waals surface area contributed by atoms with Gasteiger partial charge < -0.3 is 19.3 Å². The van der Waals surface area contributed by atoms with E-state index < -0.39 is 5.97 Å². The molecule has 1 fully saturated rings. The Morgan fingerprint density at radius 3 is 2.41 bits per heavy atom. The first-order chi connectivity index (χ1) is 15.5. The normalized spacial score (nSPS) is 14.0. The number of ether oxygens (including phenoxy) is 2. The highest BCUT2D eigenvalue weighted by molar-refractivity contribution is 7.20. The lowest BCUT2D eigenvalue weighted by Gasteiger charge is -2.37. The molecule has 1 aromatic carbocycles. The number of fused-ring (bicyclic) bond motifs is 1. The number of anilines is 2. The van der Waals surface area contributed by atoms with Gasteiger partial charge in [0.2, 0.25) is 0 Å². The van der Waals surface area contributed by atoms with E-state index in [0.717, 1.165) is 42.9 Å². The van der Waals surface area contributed by atoms with Crippen LogP contribution in [0.25, 0.3) is 10.2 Å². The standard InChI is InChI=1S/C23H26N4O4S/c1-4-31-23(29)20-15(2)19-21(24-17(14-18(28)30-3)25-22(19)32-20)27-12-10-26(11-13-27)16-8-6-5-7-9-16/h5-9H,4,10-14H2,1-3H3. The van der Waals surface area contributed by atoms with Crippen molar-refractivity contribution < 1.29 is 19.1 Å². The number of nitrogens with zero attached hydrogens (tertiary/aromatic N) is 4. The van der Waals surface area contributed by atoms with Gasteiger partial charge in [-0.05, 0) is 31.5 Å². The van der Waals surface area contributed by atoms with Crippen molar-refractivity contribution in [3.63, 3.8) is 0 Å². The Hall–Kier alpha value is -3.20. The van der Waals surface area contributed by atoms with E-state index in [4.69, 9.17) is 14.5 Å². The molecule has 0 aliphatic carbocycles. The van der Waals surface area contributed by atoms with Crippen LogP contribution in [0.1, 0.15) is 28.0 Å². The van der Waals surface area contributed by atoms with Crippen molar-refractivity contribution >= 4 is 45.0 Å². The molecule has 1 aliphatic rings. The van der Waals surface area contributed by atoms with Crippen LogP contribution in [0.2, 0.25) is 0 Å². The van der Waals surface area contributed by atoms with E-state index in [0.29, 0.717) is 22.1 Å². The minimum absolute atomic E-state index is 0.0187. The molecule has 0 amide bonds. The number of carbonyl (C=O) groups is 2. The average molecular weight is 455 g/mol. The van der Waals surface area contributed by atoms with E-state index in [2.05, 4.69) is 26.9 Å². The van der Waals surface area contributed by atoms with Crippen LogP contribution in [0, 0.1) is 6.92 Å². The molecule has 0 N–H and O–H groups in total. The summed E-state index contributed by atoms with van der Waals surface area (Å²) in [6.07, 6.45) is -0.0187. The minimum Gasteiger partial charge on any atom is -0.469 e. The highest BCUT2D eigenvalue weighted by Crippen LogP contribution is 2.36. The van der Waals surface area contributed by atoms with Crippen LogP contribution in [-0.2, 0) is 20.7 Å². The van der Waals surface area contributed by atoms with Crippen molar-refractivity contribution in [2.75, 3.05) is 49.7 Å². The quantitative estimate of drug-likeness (QED) is 0.525. The first-order valence-corrected chi connectivity index (χ1v) is 11.4. The molecule has 0 unspecified atom stereocenters. The van der Waals surface area contributed by atoms with Gasteiger partial charge >= 0.3 is 11.9 Å². The molecule has 1 aliphatic heterocycles. The zero-order valence-corrected chi connectivity index (χ0v) is 19.3. The number of aryl methyl sites for hydroxylation is 1. The molecule has 168 valence electrons. The number of carbonyl (C=O) groups excluding carboxylic acids is 2. The van der Waals surface area contributed by atoms with Crippen molar-refractivity contribution in [1.29, 1.82) is 0 Å². The molecule has 3 aromatic rings. The first kappa shape index (κ1) is 22.0. The molecule has 9 heteroatoms. The van der Waals surface area contributed by atoms with Crippen molar-refractivity contribution in [1.82, 2.24) is 9.97 Å². The summed E-state index contributed by atoms with van der Waals surface area (Å²) in [5.41, 5.74) is 2.01. The van der Waals surface area contributed by atoms with Gasteiger partial charge in [0.1, 0.15) is 27.8 Å². The Kier molecular flexibility index (Phi) is 6.55. The molecule has 0 saturated carbocycles. The van der Waals surface area contributed by atoms with Gasteiger partial charge in [0.25, 0.3) is 0 Å². The van der Waals surface area contributed by atoms with Crippen molar-refractivity contribution in [2.45, 2.75) is 20.3 Å². The second kappa shape index (κ2) is 9.52. The summed E-state index contributed by atoms with van der Waals surface area (Å²) in [6.45, 7) is 7.21. The fourth-order valence-corrected chi connectivity index (χ4v) is 4.96. The van der Waals surface area contributed by atoms with Crippen molar-refractivity contribution in [3.8, 4) is 0 Å². The van der Waals surface area contributed by atoms with Crippen LogP contribution in [-0.4, -0.2) is 61.8 Å². The molecule has 32 heavy (non-hydrogen) atoms. The molecule has 2 aromatic heterocycles. The number of hydrogen-bond acceptors (Lipinski definition) is 9. The van der Waals surface area contributed by atoms with Gasteiger partial charge in [-0.15, -0.1) is 11.3 Å². The van der Waals surface area contributed by atoms with Crippen LogP contribution < -0.4 is 9.80 Å². The molecule has 1 saturated heterocycles. The third-order valence-corrected chi connectivity index (χ3v) is 6.67. The number of para-hydroxylation sites is 1. The number of aromatic nitrogens is 2. The summed E-state index contributed by atoms with van der Waals surface area (Å²) in [5.74, 6) is 0.387. The average Bonchev–Trinajstić information content (AvgIpc) is 3.15. The predicted octanol–water partition coefficient (Wildman–Crippen LogP) is 3.22. The molecular weight excluding hydrogens is 428 g/mol. The van der Waals surface area contributed by atoms with Crippen LogP contribution >= 0.6 is 11.3 Å². The molecule has 0 atom stereocenters. The topological polar surface area (TPSA) is 84.9 Å². The summed E-state index contributed by atoms with van der Waals surface area (Å²) < 4.78 is 10.0. The van der Waals surface area contributed by atoms with Gasteiger partial charge in [-0.25, -0.2) is 14.8 Å². The highest BCUT2D eigenvalue weighted by atomic mass is 32.1. The number of piperazine rings is 1. The largest absolute Gasteiger partial charge is 0.469 e. The molecular formula is C23H26N4O4S. The SMILES string of the molecule is CCOC(=O)c1sc2nc(CC(=O)OC)nc(N3CCN(c4ccccc4)CC3)c2c1C. The smallest absolute Gasteiger partial charge is 0.348 e. The van der Waals surface area contributed by atoms with Gasteiger partial charge in [0.15, 0.2) is 0 Å². The number of thiophene rings is 1. The van der Waals surface area contributed by atoms with Crippen molar-refractivity contribution in [3.05, 3.63) is 46.6 Å². The first-order valence-electron chi connectivity index (χ1n) is 10.6. The maximum Gasteiger partial charge on any atom is 0.348 e. The fourth-order valence-electron chi connectivity index (χ4n) is 3.88. The lowest BCUT2D eigenvalue weighted by atomic mass is 10.1. The number of esters is 2. The Morgan fingerprint density at radius 2 is 1.75 bits per heavy atom. The molecule has 0 spiro atoms. The molecule has 0 radical (unpaired) electrons. The van der Waals surface area contributed by atoms with E-state index in [9.17, 15) is 9.59 Å². The van der Waals surface area contributed by atoms with Crippen molar-refractivity contribution in [2.24, 2.45) is 0 Å². The molecule has 0 bridgehead atoms. The van der Waals surface area contributed by atoms with Gasteiger partial charge in [-0.1, -0.05) is 18.2 Å². The summed E-state index contributed by atoms with van der Waals surface area (Å²) >= 11 is 1.28. The lowest BCUT2D eigenvalue weighted by molar-refractivity contribution is -0.139. The van der Waals surface area contributed by atoms with Crippen LogP contribution in [0.5, 0.6) is 0 Å². The number of hydrogen-bond donors (Lipinski definition) is 0. The third kappa shape index (κ3) is 4.38. The maximum atomic E-state index is 12.5. The Labute approximate surface area is 190 Å². The third-order valence-electron chi connectivity index (χ3n) is 5.51. The monoisotopic (exact) mass is 454 g/mol. The predicted molar refractivity (Wildman–Crippen MR) is 125 cm³/mol. The van der Waals surface area contributed by atoms with E-state index >= 15 is 0 Å². The second-order valence-corrected chi connectivity index (χ2v) is 8.48. The maximum absolute atomic E-state index is 12.5. The van der Waals surface area contributed by atoms with Crippen LogP contribution in [0.15, 0.2) is 30.3 Å². The lowest BCUT2D eigenvalue weighted by Crippen LogP contribution is -2.47. The summed E-state index contributed by atoms with van der Waals surface area (Å²) in [4.78, 5) is 39.4. The number of rotatable bonds is 6. The fraction of sp³-hybridized carbons (Fsp3) is 0.391. The Bertz CT molecular complexity index is 1120. The Balaban J connectivity index is 1.70.